The Bertz CT molecular complexity index is 820. The molecular formula is C18H17F2N3O2. The van der Waals surface area contributed by atoms with Gasteiger partial charge < -0.3 is 15.2 Å². The molecule has 0 aliphatic rings. The van der Waals surface area contributed by atoms with Crippen molar-refractivity contribution in [2.75, 3.05) is 19.4 Å². The number of nitrogens with two attached hydrogens (primary N) is 1. The van der Waals surface area contributed by atoms with Gasteiger partial charge in [0.1, 0.15) is 35.5 Å². The van der Waals surface area contributed by atoms with Crippen molar-refractivity contribution in [2.45, 2.75) is 0 Å². The van der Waals surface area contributed by atoms with E-state index in [1.165, 1.54) is 30.5 Å². The third-order valence-corrected chi connectivity index (χ3v) is 3.01. The molecule has 2 N–H and O–H groups in total. The quantitative estimate of drug-likeness (QED) is 0.609. The van der Waals surface area contributed by atoms with Crippen LogP contribution < -0.4 is 15.2 Å². The Morgan fingerprint density at radius 3 is 2.60 bits per heavy atom. The minimum absolute atomic E-state index is 0.00310. The van der Waals surface area contributed by atoms with Crippen LogP contribution in [0.25, 0.3) is 0 Å². The molecule has 0 spiro atoms. The lowest BCUT2D eigenvalue weighted by Crippen LogP contribution is -2.03. The predicted octanol–water partition coefficient (Wildman–Crippen LogP) is 4.00. The first-order valence-electron chi connectivity index (χ1n) is 7.25. The zero-order valence-electron chi connectivity index (χ0n) is 13.6. The first-order chi connectivity index (χ1) is 12.0. The Hall–Kier alpha value is -3.22. The molecule has 0 saturated heterocycles. The highest BCUT2D eigenvalue weighted by Crippen LogP contribution is 2.28. The van der Waals surface area contributed by atoms with E-state index in [-0.39, 0.29) is 29.5 Å². The number of ether oxygens (including phenoxy) is 2. The third-order valence-electron chi connectivity index (χ3n) is 3.01. The van der Waals surface area contributed by atoms with Crippen molar-refractivity contribution in [2.24, 2.45) is 9.98 Å². The second-order valence-corrected chi connectivity index (χ2v) is 4.97. The molecule has 0 atom stereocenters. The number of aliphatic imine (C=N–C) groups is 2. The minimum atomic E-state index is -0.615. The second-order valence-electron chi connectivity index (χ2n) is 4.97. The lowest BCUT2D eigenvalue weighted by Gasteiger charge is -2.10. The van der Waals surface area contributed by atoms with Crippen LogP contribution in [0.15, 0.2) is 58.2 Å². The van der Waals surface area contributed by atoms with Crippen LogP contribution in [0.3, 0.4) is 0 Å². The van der Waals surface area contributed by atoms with Crippen LogP contribution in [-0.2, 0) is 0 Å². The van der Waals surface area contributed by atoms with Crippen LogP contribution in [0.1, 0.15) is 0 Å². The zero-order chi connectivity index (χ0) is 18.2. The largest absolute Gasteiger partial charge is 0.489 e. The topological polar surface area (TPSA) is 69.2 Å². The van der Waals surface area contributed by atoms with Gasteiger partial charge in [0.15, 0.2) is 0 Å². The molecule has 0 bridgehead atoms. The van der Waals surface area contributed by atoms with Gasteiger partial charge in [-0.1, -0.05) is 0 Å². The number of anilines is 1. The number of nitrogens with zero attached hydrogens (tertiary/aromatic N) is 2. The summed E-state index contributed by atoms with van der Waals surface area (Å²) in [4.78, 5) is 7.51. The van der Waals surface area contributed by atoms with Gasteiger partial charge in [-0.2, -0.15) is 0 Å². The van der Waals surface area contributed by atoms with Crippen LogP contribution in [0.4, 0.5) is 14.5 Å². The molecule has 0 unspecified atom stereocenters. The third kappa shape index (κ3) is 5.42. The first kappa shape index (κ1) is 18.1. The fourth-order valence-corrected chi connectivity index (χ4v) is 1.94. The van der Waals surface area contributed by atoms with Gasteiger partial charge in [0, 0.05) is 49.3 Å². The normalized spacial score (nSPS) is 11.6. The Morgan fingerprint density at radius 2 is 1.92 bits per heavy atom. The monoisotopic (exact) mass is 345 g/mol. The summed E-state index contributed by atoms with van der Waals surface area (Å²) in [5, 5.41) is 0. The Labute approximate surface area is 144 Å². The van der Waals surface area contributed by atoms with Crippen LogP contribution in [0.2, 0.25) is 0 Å². The highest BCUT2D eigenvalue weighted by molar-refractivity contribution is 5.78. The van der Waals surface area contributed by atoms with Gasteiger partial charge in [0.05, 0.1) is 5.69 Å². The SMILES string of the molecule is C=N/C=C(\C=N/C)COc1cc(F)cc(Oc2ccc(N)c(F)c2)c1. The maximum atomic E-state index is 13.8. The van der Waals surface area contributed by atoms with Gasteiger partial charge in [-0.15, -0.1) is 0 Å². The van der Waals surface area contributed by atoms with Crippen molar-refractivity contribution in [1.29, 1.82) is 0 Å². The number of hydrogen-bond donors (Lipinski definition) is 1. The summed E-state index contributed by atoms with van der Waals surface area (Å²) >= 11 is 0. The van der Waals surface area contributed by atoms with Crippen LogP contribution in [0.5, 0.6) is 17.2 Å². The summed E-state index contributed by atoms with van der Waals surface area (Å²) in [5.41, 5.74) is 6.07. The number of rotatable bonds is 7. The standard InChI is InChI=1S/C18H17F2N3O2/c1-22-9-12(10-23-2)11-24-15-5-13(19)6-16(7-15)25-14-3-4-18(21)17(20)8-14/h3-10H,1,11,21H2,2H3/b12-9+,23-10-. The Balaban J connectivity index is 2.15. The molecular weight excluding hydrogens is 328 g/mol. The van der Waals surface area contributed by atoms with E-state index in [9.17, 15) is 8.78 Å². The summed E-state index contributed by atoms with van der Waals surface area (Å²) in [6.45, 7) is 3.48. The van der Waals surface area contributed by atoms with Crippen molar-refractivity contribution < 1.29 is 18.3 Å². The fraction of sp³-hybridized carbons (Fsp3) is 0.111. The summed E-state index contributed by atoms with van der Waals surface area (Å²) in [5.74, 6) is -0.574. The van der Waals surface area contributed by atoms with Gasteiger partial charge >= 0.3 is 0 Å². The average molecular weight is 345 g/mol. The highest BCUT2D eigenvalue weighted by Gasteiger charge is 2.07. The molecule has 0 fully saturated rings. The van der Waals surface area contributed by atoms with Crippen LogP contribution in [-0.4, -0.2) is 26.6 Å². The summed E-state index contributed by atoms with van der Waals surface area (Å²) < 4.78 is 38.2. The Morgan fingerprint density at radius 1 is 1.16 bits per heavy atom. The van der Waals surface area contributed by atoms with E-state index >= 15 is 0 Å². The van der Waals surface area contributed by atoms with Crippen LogP contribution >= 0.6 is 0 Å². The molecule has 0 radical (unpaired) electrons. The van der Waals surface area contributed by atoms with Gasteiger partial charge in [0.2, 0.25) is 0 Å². The number of nitrogen functional groups attached to an aromatic ring is 1. The van der Waals surface area contributed by atoms with Crippen molar-refractivity contribution in [3.8, 4) is 17.2 Å². The number of hydrogen-bond acceptors (Lipinski definition) is 5. The summed E-state index contributed by atoms with van der Waals surface area (Å²) in [7, 11) is 1.61. The molecule has 0 aliphatic carbocycles. The lowest BCUT2D eigenvalue weighted by atomic mass is 10.2. The zero-order valence-corrected chi connectivity index (χ0v) is 13.6. The predicted molar refractivity (Wildman–Crippen MR) is 94.8 cm³/mol. The molecule has 2 aromatic rings. The van der Waals surface area contributed by atoms with Gasteiger partial charge in [-0.3, -0.25) is 9.98 Å². The molecule has 7 heteroatoms. The maximum absolute atomic E-state index is 13.8. The van der Waals surface area contributed by atoms with Gasteiger partial charge in [0.25, 0.3) is 0 Å². The number of benzene rings is 2. The smallest absolute Gasteiger partial charge is 0.149 e. The fourth-order valence-electron chi connectivity index (χ4n) is 1.94. The van der Waals surface area contributed by atoms with Crippen molar-refractivity contribution in [1.82, 2.24) is 0 Å². The summed E-state index contributed by atoms with van der Waals surface area (Å²) in [6, 6.07) is 7.83. The van der Waals surface area contributed by atoms with E-state index in [0.29, 0.717) is 5.57 Å². The van der Waals surface area contributed by atoms with Crippen molar-refractivity contribution in [3.63, 3.8) is 0 Å². The van der Waals surface area contributed by atoms with Crippen LogP contribution in [0, 0.1) is 11.6 Å². The van der Waals surface area contributed by atoms with Gasteiger partial charge in [-0.05, 0) is 18.9 Å². The second kappa shape index (κ2) is 8.58. The van der Waals surface area contributed by atoms with E-state index < -0.39 is 11.6 Å². The molecule has 0 heterocycles. The number of halogens is 2. The first-order valence-corrected chi connectivity index (χ1v) is 7.25. The minimum Gasteiger partial charge on any atom is -0.489 e. The molecule has 0 aliphatic heterocycles. The molecule has 0 amide bonds. The average Bonchev–Trinajstić information content (AvgIpc) is 2.56. The van der Waals surface area contributed by atoms with E-state index in [1.54, 1.807) is 13.3 Å². The maximum Gasteiger partial charge on any atom is 0.149 e. The van der Waals surface area contributed by atoms with E-state index in [0.717, 1.165) is 12.1 Å². The van der Waals surface area contributed by atoms with E-state index in [1.807, 2.05) is 0 Å². The molecule has 0 aromatic heterocycles. The van der Waals surface area contributed by atoms with E-state index in [4.69, 9.17) is 15.2 Å². The Kier molecular flexibility index (Phi) is 6.22. The molecule has 25 heavy (non-hydrogen) atoms. The van der Waals surface area contributed by atoms with Crippen molar-refractivity contribution >= 4 is 18.6 Å². The molecule has 0 saturated carbocycles. The molecule has 130 valence electrons. The lowest BCUT2D eigenvalue weighted by molar-refractivity contribution is 0.352. The molecule has 2 aromatic carbocycles. The van der Waals surface area contributed by atoms with E-state index in [2.05, 4.69) is 16.7 Å². The summed E-state index contributed by atoms with van der Waals surface area (Å²) in [6.07, 6.45) is 3.05. The molecule has 2 rings (SSSR count). The van der Waals surface area contributed by atoms with Gasteiger partial charge in [-0.25, -0.2) is 8.78 Å². The molecule has 5 nitrogen and oxygen atoms in total. The highest BCUT2D eigenvalue weighted by atomic mass is 19.1. The van der Waals surface area contributed by atoms with Crippen molar-refractivity contribution in [3.05, 3.63) is 59.8 Å².